The van der Waals surface area contributed by atoms with Gasteiger partial charge in [-0.1, -0.05) is 0 Å². The van der Waals surface area contributed by atoms with Gasteiger partial charge in [-0.15, -0.1) is 0 Å². The molecule has 0 aromatic heterocycles. The van der Waals surface area contributed by atoms with Crippen LogP contribution in [0, 0.1) is 5.92 Å². The molecule has 1 aliphatic heterocycles. The molecule has 6 heteroatoms. The predicted molar refractivity (Wildman–Crippen MR) is 60.3 cm³/mol. The number of piperidine rings is 1. The normalized spacial score (nSPS) is 23.0. The second-order valence-electron chi connectivity index (χ2n) is 4.67. The van der Waals surface area contributed by atoms with Crippen LogP contribution in [0.15, 0.2) is 0 Å². The molecule has 2 N–H and O–H groups in total. The van der Waals surface area contributed by atoms with Crippen molar-refractivity contribution in [2.45, 2.75) is 37.4 Å². The van der Waals surface area contributed by atoms with Gasteiger partial charge in [0.05, 0.1) is 5.25 Å². The topological polar surface area (TPSA) is 75.3 Å². The van der Waals surface area contributed by atoms with E-state index in [1.165, 1.54) is 0 Å². The highest BCUT2D eigenvalue weighted by atomic mass is 32.2. The third-order valence-electron chi connectivity index (χ3n) is 3.15. The molecule has 0 radical (unpaired) electrons. The summed E-state index contributed by atoms with van der Waals surface area (Å²) in [6.07, 6.45) is 3.63. The van der Waals surface area contributed by atoms with Gasteiger partial charge in [0.1, 0.15) is 0 Å². The first-order chi connectivity index (χ1) is 7.58. The van der Waals surface area contributed by atoms with E-state index >= 15 is 0 Å². The summed E-state index contributed by atoms with van der Waals surface area (Å²) in [5.74, 6) is -0.00514. The van der Waals surface area contributed by atoms with Gasteiger partial charge in [0.25, 0.3) is 0 Å². The zero-order chi connectivity index (χ0) is 11.6. The smallest absolute Gasteiger partial charge is 0.237 e. The number of hydrogen-bond acceptors (Lipinski definition) is 4. The van der Waals surface area contributed by atoms with Crippen LogP contribution >= 0.6 is 0 Å². The lowest BCUT2D eigenvalue weighted by molar-refractivity contribution is -0.120. The number of sulfonamides is 1. The highest BCUT2D eigenvalue weighted by Gasteiger charge is 2.37. The molecule has 0 atom stereocenters. The van der Waals surface area contributed by atoms with Gasteiger partial charge in [0.2, 0.25) is 15.9 Å². The van der Waals surface area contributed by atoms with Crippen molar-refractivity contribution in [2.24, 2.45) is 5.92 Å². The maximum absolute atomic E-state index is 11.5. The highest BCUT2D eigenvalue weighted by molar-refractivity contribution is 7.90. The molecule has 0 bridgehead atoms. The van der Waals surface area contributed by atoms with E-state index in [9.17, 15) is 13.2 Å². The summed E-state index contributed by atoms with van der Waals surface area (Å²) < 4.78 is 25.2. The average molecular weight is 246 g/mol. The van der Waals surface area contributed by atoms with E-state index in [0.29, 0.717) is 25.2 Å². The predicted octanol–water partition coefficient (Wildman–Crippen LogP) is -0.0155. The molecule has 92 valence electrons. The molecule has 1 saturated carbocycles. The Morgan fingerprint density at radius 3 is 2.38 bits per heavy atom. The Balaban J connectivity index is 1.79. The Hall–Kier alpha value is -0.620. The number of nitrogens with one attached hydrogen (secondary N) is 2. The van der Waals surface area contributed by atoms with E-state index in [-0.39, 0.29) is 11.2 Å². The quantitative estimate of drug-likeness (QED) is 0.731. The fraction of sp³-hybridized carbons (Fsp3) is 0.900. The maximum atomic E-state index is 11.5. The number of amides is 1. The van der Waals surface area contributed by atoms with Crippen LogP contribution in [0.3, 0.4) is 0 Å². The van der Waals surface area contributed by atoms with E-state index in [4.69, 9.17) is 0 Å². The van der Waals surface area contributed by atoms with Crippen molar-refractivity contribution in [1.29, 1.82) is 0 Å². The standard InChI is InChI=1S/C10H18N2O3S/c13-10(7-8-3-5-11-6-4-8)12-16(14,15)9-1-2-9/h8-9,11H,1-7H2,(H,12,13). The molecule has 0 aromatic rings. The molecule has 1 aliphatic carbocycles. The Bertz CT molecular complexity index is 356. The van der Waals surface area contributed by atoms with Gasteiger partial charge < -0.3 is 5.32 Å². The third-order valence-corrected chi connectivity index (χ3v) is 5.01. The lowest BCUT2D eigenvalue weighted by Gasteiger charge is -2.21. The van der Waals surface area contributed by atoms with Crippen molar-refractivity contribution in [3.63, 3.8) is 0 Å². The molecule has 0 unspecified atom stereocenters. The fourth-order valence-electron chi connectivity index (χ4n) is 2.01. The van der Waals surface area contributed by atoms with E-state index < -0.39 is 10.0 Å². The number of carbonyl (C=O) groups is 1. The lowest BCUT2D eigenvalue weighted by atomic mass is 9.94. The summed E-state index contributed by atoms with van der Waals surface area (Å²) >= 11 is 0. The lowest BCUT2D eigenvalue weighted by Crippen LogP contribution is -2.36. The molecule has 1 heterocycles. The molecular weight excluding hydrogens is 228 g/mol. The van der Waals surface area contributed by atoms with Gasteiger partial charge in [-0.25, -0.2) is 8.42 Å². The summed E-state index contributed by atoms with van der Waals surface area (Å²) in [6, 6.07) is 0. The van der Waals surface area contributed by atoms with Gasteiger partial charge in [-0.2, -0.15) is 0 Å². The first-order valence-electron chi connectivity index (χ1n) is 5.83. The first-order valence-corrected chi connectivity index (χ1v) is 7.38. The second kappa shape index (κ2) is 4.71. The van der Waals surface area contributed by atoms with E-state index in [0.717, 1.165) is 25.9 Å². The van der Waals surface area contributed by atoms with Crippen molar-refractivity contribution in [3.8, 4) is 0 Å². The van der Waals surface area contributed by atoms with Crippen LogP contribution in [0.2, 0.25) is 0 Å². The number of hydrogen-bond donors (Lipinski definition) is 2. The molecule has 16 heavy (non-hydrogen) atoms. The molecule has 0 spiro atoms. The fourth-order valence-corrected chi connectivity index (χ4v) is 3.33. The van der Waals surface area contributed by atoms with Gasteiger partial charge >= 0.3 is 0 Å². The zero-order valence-corrected chi connectivity index (χ0v) is 10.1. The maximum Gasteiger partial charge on any atom is 0.237 e. The minimum atomic E-state index is -3.35. The molecule has 2 rings (SSSR count). The Morgan fingerprint density at radius 1 is 1.19 bits per heavy atom. The molecule has 1 amide bonds. The second-order valence-corrected chi connectivity index (χ2v) is 6.63. The van der Waals surface area contributed by atoms with Crippen LogP contribution in [0.25, 0.3) is 0 Å². The van der Waals surface area contributed by atoms with Crippen molar-refractivity contribution in [1.82, 2.24) is 10.0 Å². The number of rotatable bonds is 4. The van der Waals surface area contributed by atoms with Crippen molar-refractivity contribution >= 4 is 15.9 Å². The molecule has 2 aliphatic rings. The van der Waals surface area contributed by atoms with Crippen molar-refractivity contribution in [3.05, 3.63) is 0 Å². The van der Waals surface area contributed by atoms with Gasteiger partial charge in [0.15, 0.2) is 0 Å². The summed E-state index contributed by atoms with van der Waals surface area (Å²) in [6.45, 7) is 1.85. The van der Waals surface area contributed by atoms with Crippen molar-refractivity contribution in [2.75, 3.05) is 13.1 Å². The minimum Gasteiger partial charge on any atom is -0.317 e. The van der Waals surface area contributed by atoms with Crippen LogP contribution in [-0.4, -0.2) is 32.7 Å². The van der Waals surface area contributed by atoms with E-state index in [2.05, 4.69) is 10.0 Å². The van der Waals surface area contributed by atoms with E-state index in [1.807, 2.05) is 0 Å². The highest BCUT2D eigenvalue weighted by Crippen LogP contribution is 2.27. The molecule has 0 aromatic carbocycles. The number of carbonyl (C=O) groups excluding carboxylic acids is 1. The Labute approximate surface area is 96.0 Å². The summed E-state index contributed by atoms with van der Waals surface area (Å²) in [4.78, 5) is 11.5. The van der Waals surface area contributed by atoms with Crippen LogP contribution in [0.1, 0.15) is 32.1 Å². The summed E-state index contributed by atoms with van der Waals surface area (Å²) in [5, 5.41) is 2.90. The van der Waals surface area contributed by atoms with Crippen LogP contribution in [0.5, 0.6) is 0 Å². The first kappa shape index (κ1) is 11.9. The van der Waals surface area contributed by atoms with Crippen molar-refractivity contribution < 1.29 is 13.2 Å². The van der Waals surface area contributed by atoms with Crippen LogP contribution in [0.4, 0.5) is 0 Å². The summed E-state index contributed by atoms with van der Waals surface area (Å²) in [5.41, 5.74) is 0. The zero-order valence-electron chi connectivity index (χ0n) is 9.24. The van der Waals surface area contributed by atoms with Gasteiger partial charge in [-0.05, 0) is 44.7 Å². The largest absolute Gasteiger partial charge is 0.317 e. The van der Waals surface area contributed by atoms with E-state index in [1.54, 1.807) is 0 Å². The molecule has 1 saturated heterocycles. The SMILES string of the molecule is O=C(CC1CCNCC1)NS(=O)(=O)C1CC1. The van der Waals surface area contributed by atoms with Gasteiger partial charge in [0, 0.05) is 6.42 Å². The Morgan fingerprint density at radius 2 is 1.81 bits per heavy atom. The third kappa shape index (κ3) is 3.18. The van der Waals surface area contributed by atoms with Gasteiger partial charge in [-0.3, -0.25) is 9.52 Å². The average Bonchev–Trinajstić information content (AvgIpc) is 3.01. The van der Waals surface area contributed by atoms with Crippen LogP contribution < -0.4 is 10.0 Å². The monoisotopic (exact) mass is 246 g/mol. The molecular formula is C10H18N2O3S. The minimum absolute atomic E-state index is 0.315. The molecule has 2 fully saturated rings. The summed E-state index contributed by atoms with van der Waals surface area (Å²) in [7, 11) is -3.35. The molecule has 5 nitrogen and oxygen atoms in total. The van der Waals surface area contributed by atoms with Crippen LogP contribution in [-0.2, 0) is 14.8 Å². The Kier molecular flexibility index (Phi) is 3.49.